The highest BCUT2D eigenvalue weighted by Gasteiger charge is 2.42. The van der Waals surface area contributed by atoms with Crippen LogP contribution in [0.15, 0.2) is 89.7 Å². The van der Waals surface area contributed by atoms with Gasteiger partial charge in [0.15, 0.2) is 5.11 Å². The van der Waals surface area contributed by atoms with Gasteiger partial charge in [-0.15, -0.1) is 0 Å². The number of nitrogens with one attached hydrogen (secondary N) is 1. The SMILES string of the molecule is CC1CCN(c2ccc(N3C(=S)N[C@@H](c4ccccn4)[C@H]3c3cccn3-c3cccc(Br)c3)cc2Cl)CC1. The van der Waals surface area contributed by atoms with E-state index in [0.29, 0.717) is 5.11 Å². The lowest BCUT2D eigenvalue weighted by molar-refractivity contribution is 0.438. The summed E-state index contributed by atoms with van der Waals surface area (Å²) in [6, 6.07) is 24.7. The summed E-state index contributed by atoms with van der Waals surface area (Å²) in [6.45, 7) is 4.40. The van der Waals surface area contributed by atoms with Gasteiger partial charge in [-0.05, 0) is 91.6 Å². The molecule has 0 spiro atoms. The van der Waals surface area contributed by atoms with Crippen molar-refractivity contribution in [1.82, 2.24) is 14.9 Å². The summed E-state index contributed by atoms with van der Waals surface area (Å²) in [5.41, 5.74) is 5.18. The van der Waals surface area contributed by atoms with E-state index in [-0.39, 0.29) is 12.1 Å². The second kappa shape index (κ2) is 10.7. The number of nitrogens with zero attached hydrogens (tertiary/aromatic N) is 4. The number of pyridine rings is 1. The molecule has 1 N–H and O–H groups in total. The Hall–Kier alpha value is -2.87. The minimum atomic E-state index is -0.135. The molecule has 0 saturated carbocycles. The van der Waals surface area contributed by atoms with Crippen LogP contribution < -0.4 is 15.1 Å². The summed E-state index contributed by atoms with van der Waals surface area (Å²) >= 11 is 16.5. The molecule has 2 saturated heterocycles. The lowest BCUT2D eigenvalue weighted by Crippen LogP contribution is -2.33. The smallest absolute Gasteiger partial charge is 0.174 e. The zero-order valence-corrected chi connectivity index (χ0v) is 24.3. The number of anilines is 2. The number of hydrogen-bond donors (Lipinski definition) is 1. The third-order valence-electron chi connectivity index (χ3n) is 7.60. The fraction of sp³-hybridized carbons (Fsp3) is 0.267. The van der Waals surface area contributed by atoms with Crippen LogP contribution in [0.2, 0.25) is 5.02 Å². The second-order valence-electron chi connectivity index (χ2n) is 10.1. The molecule has 0 radical (unpaired) electrons. The Kier molecular flexibility index (Phi) is 7.16. The van der Waals surface area contributed by atoms with Gasteiger partial charge in [-0.1, -0.05) is 46.6 Å². The number of aromatic nitrogens is 2. The molecule has 2 aromatic carbocycles. The number of thiocarbonyl (C=S) groups is 1. The Bertz CT molecular complexity index is 1450. The van der Waals surface area contributed by atoms with Crippen LogP contribution in [-0.4, -0.2) is 27.8 Å². The summed E-state index contributed by atoms with van der Waals surface area (Å²) in [5.74, 6) is 0.767. The Morgan fingerprint density at radius 2 is 1.82 bits per heavy atom. The Morgan fingerprint density at radius 1 is 0.974 bits per heavy atom. The normalized spacial score (nSPS) is 20.1. The van der Waals surface area contributed by atoms with Crippen molar-refractivity contribution in [2.24, 2.45) is 5.92 Å². The molecule has 6 rings (SSSR count). The van der Waals surface area contributed by atoms with Crippen LogP contribution in [0, 0.1) is 5.92 Å². The van der Waals surface area contributed by atoms with Gasteiger partial charge < -0.3 is 19.7 Å². The molecular formula is C30H29BrClN5S. The molecule has 0 aliphatic carbocycles. The molecule has 4 heterocycles. The van der Waals surface area contributed by atoms with E-state index in [9.17, 15) is 0 Å². The van der Waals surface area contributed by atoms with Gasteiger partial charge in [0.25, 0.3) is 0 Å². The zero-order valence-electron chi connectivity index (χ0n) is 21.1. The van der Waals surface area contributed by atoms with E-state index in [1.165, 1.54) is 12.8 Å². The topological polar surface area (TPSA) is 36.3 Å². The molecule has 0 amide bonds. The lowest BCUT2D eigenvalue weighted by Gasteiger charge is -2.33. The van der Waals surface area contributed by atoms with Crippen molar-refractivity contribution in [3.8, 4) is 5.69 Å². The number of benzene rings is 2. The van der Waals surface area contributed by atoms with Crippen molar-refractivity contribution in [2.75, 3.05) is 22.9 Å². The molecule has 4 aromatic rings. The standard InChI is InChI=1S/C30H29BrClN5S/c1-20-12-16-35(17-13-20)26-11-10-23(19-24(26)32)37-29(28(34-30(37)38)25-8-2-3-14-33-25)27-9-5-15-36(27)22-7-4-6-21(31)18-22/h2-11,14-15,18-20,28-29H,12-13,16-17H2,1H3,(H,34,38)/t28-,29+/m0/s1. The van der Waals surface area contributed by atoms with E-state index in [0.717, 1.165) is 57.0 Å². The first-order valence-electron chi connectivity index (χ1n) is 13.0. The van der Waals surface area contributed by atoms with Crippen molar-refractivity contribution < 1.29 is 0 Å². The molecule has 0 bridgehead atoms. The summed E-state index contributed by atoms with van der Waals surface area (Å²) in [6.07, 6.45) is 6.31. The largest absolute Gasteiger partial charge is 0.370 e. The van der Waals surface area contributed by atoms with Gasteiger partial charge in [-0.3, -0.25) is 4.98 Å². The van der Waals surface area contributed by atoms with Gasteiger partial charge in [0.2, 0.25) is 0 Å². The van der Waals surface area contributed by atoms with Crippen molar-refractivity contribution in [3.63, 3.8) is 0 Å². The summed E-state index contributed by atoms with van der Waals surface area (Å²) in [7, 11) is 0. The third-order valence-corrected chi connectivity index (χ3v) is 8.71. The first-order chi connectivity index (χ1) is 18.5. The van der Waals surface area contributed by atoms with Crippen LogP contribution in [0.5, 0.6) is 0 Å². The molecule has 2 aromatic heterocycles. The highest BCUT2D eigenvalue weighted by atomic mass is 79.9. The van der Waals surface area contributed by atoms with Gasteiger partial charge in [-0.2, -0.15) is 0 Å². The maximum atomic E-state index is 6.94. The first-order valence-corrected chi connectivity index (χ1v) is 14.6. The maximum absolute atomic E-state index is 6.94. The van der Waals surface area contributed by atoms with Crippen molar-refractivity contribution >= 4 is 56.2 Å². The molecule has 8 heteroatoms. The molecule has 0 unspecified atom stereocenters. The lowest BCUT2D eigenvalue weighted by atomic mass is 9.98. The number of hydrogen-bond acceptors (Lipinski definition) is 3. The molecule has 2 aliphatic rings. The van der Waals surface area contributed by atoms with E-state index < -0.39 is 0 Å². The predicted molar refractivity (Wildman–Crippen MR) is 163 cm³/mol. The quantitative estimate of drug-likeness (QED) is 0.236. The minimum Gasteiger partial charge on any atom is -0.370 e. The van der Waals surface area contributed by atoms with E-state index in [4.69, 9.17) is 28.8 Å². The molecule has 5 nitrogen and oxygen atoms in total. The molecule has 2 fully saturated rings. The molecule has 2 atom stereocenters. The molecule has 2 aliphatic heterocycles. The number of piperidine rings is 1. The van der Waals surface area contributed by atoms with Gasteiger partial charge in [0.05, 0.1) is 22.4 Å². The van der Waals surface area contributed by atoms with E-state index in [1.54, 1.807) is 0 Å². The fourth-order valence-corrected chi connectivity index (χ4v) is 6.61. The van der Waals surface area contributed by atoms with Crippen molar-refractivity contribution in [3.05, 3.63) is 106 Å². The number of rotatable bonds is 5. The van der Waals surface area contributed by atoms with E-state index >= 15 is 0 Å². The van der Waals surface area contributed by atoms with Gasteiger partial charge in [0.1, 0.15) is 6.04 Å². The molecular weight excluding hydrogens is 578 g/mol. The van der Waals surface area contributed by atoms with Crippen LogP contribution in [-0.2, 0) is 0 Å². The minimum absolute atomic E-state index is 0.133. The van der Waals surface area contributed by atoms with E-state index in [1.807, 2.05) is 24.4 Å². The van der Waals surface area contributed by atoms with Gasteiger partial charge >= 0.3 is 0 Å². The Labute approximate surface area is 242 Å². The monoisotopic (exact) mass is 605 g/mol. The predicted octanol–water partition coefficient (Wildman–Crippen LogP) is 7.70. The average molecular weight is 607 g/mol. The number of halogens is 2. The fourth-order valence-electron chi connectivity index (χ4n) is 5.58. The summed E-state index contributed by atoms with van der Waals surface area (Å²) < 4.78 is 3.25. The van der Waals surface area contributed by atoms with Crippen LogP contribution in [0.25, 0.3) is 5.69 Å². The van der Waals surface area contributed by atoms with Crippen LogP contribution >= 0.6 is 39.7 Å². The van der Waals surface area contributed by atoms with Crippen LogP contribution in [0.4, 0.5) is 11.4 Å². The molecule has 38 heavy (non-hydrogen) atoms. The zero-order chi connectivity index (χ0) is 26.2. The van der Waals surface area contributed by atoms with E-state index in [2.05, 4.69) is 103 Å². The van der Waals surface area contributed by atoms with Crippen molar-refractivity contribution in [2.45, 2.75) is 31.8 Å². The van der Waals surface area contributed by atoms with Crippen LogP contribution in [0.1, 0.15) is 43.2 Å². The van der Waals surface area contributed by atoms with Crippen molar-refractivity contribution in [1.29, 1.82) is 0 Å². The maximum Gasteiger partial charge on any atom is 0.174 e. The molecule has 194 valence electrons. The highest BCUT2D eigenvalue weighted by Crippen LogP contribution is 2.44. The van der Waals surface area contributed by atoms with Crippen LogP contribution in [0.3, 0.4) is 0 Å². The first kappa shape index (κ1) is 25.4. The Balaban J connectivity index is 1.42. The summed E-state index contributed by atoms with van der Waals surface area (Å²) in [5, 5.41) is 4.98. The second-order valence-corrected chi connectivity index (χ2v) is 11.8. The highest BCUT2D eigenvalue weighted by molar-refractivity contribution is 9.10. The van der Waals surface area contributed by atoms with Gasteiger partial charge in [-0.25, -0.2) is 0 Å². The average Bonchev–Trinajstić information content (AvgIpc) is 3.54. The third kappa shape index (κ3) is 4.83. The Morgan fingerprint density at radius 3 is 2.55 bits per heavy atom. The van der Waals surface area contributed by atoms with Gasteiger partial charge in [0, 0.05) is 47.0 Å². The summed E-state index contributed by atoms with van der Waals surface area (Å²) in [4.78, 5) is 9.29.